The monoisotopic (exact) mass is 1100 g/mol. The second-order valence-corrected chi connectivity index (χ2v) is 20.9. The third-order valence-electron chi connectivity index (χ3n) is 13.2. The van der Waals surface area contributed by atoms with Gasteiger partial charge in [0.25, 0.3) is 0 Å². The number of carbonyl (C=O) groups excluding carboxylic acids is 3. The van der Waals surface area contributed by atoms with Gasteiger partial charge >= 0.3 is 17.9 Å². The number of hydrogen-bond donors (Lipinski definition) is 0. The van der Waals surface area contributed by atoms with Crippen LogP contribution < -0.4 is 0 Å². The lowest BCUT2D eigenvalue weighted by molar-refractivity contribution is -0.167. The molecule has 0 amide bonds. The summed E-state index contributed by atoms with van der Waals surface area (Å²) in [5, 5.41) is 0. The summed E-state index contributed by atoms with van der Waals surface area (Å²) in [5.41, 5.74) is 0. The normalized spacial score (nSPS) is 13.2. The Morgan fingerprint density at radius 1 is 0.263 bits per heavy atom. The lowest BCUT2D eigenvalue weighted by Gasteiger charge is -2.18. The van der Waals surface area contributed by atoms with Gasteiger partial charge in [-0.05, 0) is 148 Å². The van der Waals surface area contributed by atoms with E-state index >= 15 is 0 Å². The van der Waals surface area contributed by atoms with E-state index in [2.05, 4.69) is 179 Å². The molecule has 1 unspecified atom stereocenters. The van der Waals surface area contributed by atoms with Gasteiger partial charge in [0.2, 0.25) is 0 Å². The number of ether oxygens (including phenoxy) is 3. The Labute approximate surface area is 492 Å². The van der Waals surface area contributed by atoms with Crippen LogP contribution >= 0.6 is 0 Å². The average Bonchev–Trinajstić information content (AvgIpc) is 3.46. The molecule has 0 N–H and O–H groups in total. The summed E-state index contributed by atoms with van der Waals surface area (Å²) < 4.78 is 16.9. The Hall–Kier alpha value is -4.97. The van der Waals surface area contributed by atoms with Gasteiger partial charge in [-0.3, -0.25) is 14.4 Å². The lowest BCUT2D eigenvalue weighted by atomic mass is 10.1. The smallest absolute Gasteiger partial charge is 0.306 e. The zero-order valence-corrected chi connectivity index (χ0v) is 51.5. The Bertz CT molecular complexity index is 1790. The highest BCUT2D eigenvalue weighted by Crippen LogP contribution is 2.14. The highest BCUT2D eigenvalue weighted by atomic mass is 16.6. The van der Waals surface area contributed by atoms with Crippen molar-refractivity contribution >= 4 is 17.9 Å². The maximum absolute atomic E-state index is 12.9. The van der Waals surface area contributed by atoms with Crippen LogP contribution in [0.15, 0.2) is 158 Å². The first kappa shape index (κ1) is 75.0. The summed E-state index contributed by atoms with van der Waals surface area (Å²) in [6.45, 7) is 6.35. The van der Waals surface area contributed by atoms with E-state index in [0.29, 0.717) is 19.3 Å². The molecule has 0 aliphatic heterocycles. The largest absolute Gasteiger partial charge is 0.462 e. The molecule has 1 atom stereocenters. The van der Waals surface area contributed by atoms with Crippen LogP contribution in [0.1, 0.15) is 271 Å². The van der Waals surface area contributed by atoms with Crippen molar-refractivity contribution in [1.82, 2.24) is 0 Å². The SMILES string of the molecule is CC/C=C\C/C=C\C/C=C\C/C=C\C/C=C\C/C=C\C/C=C\CCCCCCCC(=O)OCC(COC(=O)CCCCCC/C=C\C/C=C\C/C=C\C/C=C\CC)OC(=O)CCCCCCCCC/C=C\C/C=C\CCCCCC. The second kappa shape index (κ2) is 66.5. The molecule has 6 heteroatoms. The van der Waals surface area contributed by atoms with Gasteiger partial charge in [-0.25, -0.2) is 0 Å². The molecular weight excluding hydrogens is 985 g/mol. The van der Waals surface area contributed by atoms with Crippen LogP contribution in [0.25, 0.3) is 0 Å². The van der Waals surface area contributed by atoms with E-state index in [9.17, 15) is 14.4 Å². The van der Waals surface area contributed by atoms with Gasteiger partial charge in [0, 0.05) is 19.3 Å². The van der Waals surface area contributed by atoms with Gasteiger partial charge < -0.3 is 14.2 Å². The number of hydrogen-bond acceptors (Lipinski definition) is 6. The summed E-state index contributed by atoms with van der Waals surface area (Å²) in [6, 6.07) is 0. The summed E-state index contributed by atoms with van der Waals surface area (Å²) in [4.78, 5) is 38.4. The fraction of sp³-hybridized carbons (Fsp3) is 0.608. The van der Waals surface area contributed by atoms with Gasteiger partial charge in [0.1, 0.15) is 13.2 Å². The summed E-state index contributed by atoms with van der Waals surface area (Å²) in [6.07, 6.45) is 96.7. The molecule has 0 saturated heterocycles. The quantitative estimate of drug-likeness (QED) is 0.0261. The Kier molecular flexibility index (Phi) is 62.4. The van der Waals surface area contributed by atoms with E-state index in [1.54, 1.807) is 0 Å². The van der Waals surface area contributed by atoms with Crippen LogP contribution in [0.5, 0.6) is 0 Å². The van der Waals surface area contributed by atoms with Crippen LogP contribution in [-0.2, 0) is 28.6 Å². The van der Waals surface area contributed by atoms with Crippen molar-refractivity contribution in [3.8, 4) is 0 Å². The van der Waals surface area contributed by atoms with Crippen molar-refractivity contribution in [3.63, 3.8) is 0 Å². The average molecular weight is 1100 g/mol. The van der Waals surface area contributed by atoms with Crippen molar-refractivity contribution in [2.75, 3.05) is 13.2 Å². The standard InChI is InChI=1S/C74H118O6/c1-4-7-10-13-16-19-22-25-28-31-33-34-35-36-37-38-39-40-41-44-46-49-52-55-58-61-64-67-73(76)79-70-71(69-78-72(75)66-63-60-57-54-51-48-45-42-30-27-24-21-18-15-12-9-6-3)80-74(77)68-65-62-59-56-53-50-47-43-32-29-26-23-20-17-14-11-8-5-2/h7,9-10,12,16,18-21,23,25,27-30,32-34,36-37,39-40,44-46,48,71H,4-6,8,11,13-15,17,22,24,26,31,35,38,41-43,47,49-70H2,1-3H3/b10-7-,12-9-,19-16-,21-18-,23-20-,28-25-,30-27-,32-29-,34-33-,37-36-,40-39-,46-44-,48-45-. The highest BCUT2D eigenvalue weighted by molar-refractivity contribution is 5.71. The zero-order valence-electron chi connectivity index (χ0n) is 51.5. The molecule has 450 valence electrons. The van der Waals surface area contributed by atoms with Gasteiger partial charge in [-0.1, -0.05) is 262 Å². The van der Waals surface area contributed by atoms with Gasteiger partial charge in [0.15, 0.2) is 6.10 Å². The van der Waals surface area contributed by atoms with E-state index < -0.39 is 6.10 Å². The molecule has 0 heterocycles. The van der Waals surface area contributed by atoms with Crippen molar-refractivity contribution < 1.29 is 28.6 Å². The third kappa shape index (κ3) is 63.9. The number of carbonyl (C=O) groups is 3. The van der Waals surface area contributed by atoms with E-state index in [4.69, 9.17) is 14.2 Å². The van der Waals surface area contributed by atoms with Crippen LogP contribution in [-0.4, -0.2) is 37.2 Å². The summed E-state index contributed by atoms with van der Waals surface area (Å²) in [5.74, 6) is -0.956. The van der Waals surface area contributed by atoms with Crippen molar-refractivity contribution in [2.24, 2.45) is 0 Å². The molecule has 0 aromatic heterocycles. The topological polar surface area (TPSA) is 78.9 Å². The van der Waals surface area contributed by atoms with Crippen molar-refractivity contribution in [1.29, 1.82) is 0 Å². The Morgan fingerprint density at radius 3 is 0.762 bits per heavy atom. The molecule has 0 aromatic carbocycles. The minimum Gasteiger partial charge on any atom is -0.462 e. The molecule has 0 fully saturated rings. The van der Waals surface area contributed by atoms with Crippen LogP contribution in [0.2, 0.25) is 0 Å². The van der Waals surface area contributed by atoms with Crippen molar-refractivity contribution in [2.45, 2.75) is 277 Å². The van der Waals surface area contributed by atoms with E-state index in [-0.39, 0.29) is 31.1 Å². The third-order valence-corrected chi connectivity index (χ3v) is 13.2. The Balaban J connectivity index is 4.48. The van der Waals surface area contributed by atoms with Crippen molar-refractivity contribution in [3.05, 3.63) is 158 Å². The fourth-order valence-corrected chi connectivity index (χ4v) is 8.44. The Morgan fingerprint density at radius 2 is 0.487 bits per heavy atom. The molecular formula is C74H118O6. The minimum absolute atomic E-state index is 0.106. The maximum atomic E-state index is 12.9. The molecule has 0 aromatic rings. The summed E-state index contributed by atoms with van der Waals surface area (Å²) >= 11 is 0. The first-order valence-corrected chi connectivity index (χ1v) is 32.5. The van der Waals surface area contributed by atoms with Gasteiger partial charge in [-0.15, -0.1) is 0 Å². The van der Waals surface area contributed by atoms with Crippen LogP contribution in [0, 0.1) is 0 Å². The molecule has 0 radical (unpaired) electrons. The van der Waals surface area contributed by atoms with Gasteiger partial charge in [0.05, 0.1) is 0 Å². The minimum atomic E-state index is -0.811. The van der Waals surface area contributed by atoms with Gasteiger partial charge in [-0.2, -0.15) is 0 Å². The lowest BCUT2D eigenvalue weighted by Crippen LogP contribution is -2.30. The highest BCUT2D eigenvalue weighted by Gasteiger charge is 2.19. The summed E-state index contributed by atoms with van der Waals surface area (Å²) in [7, 11) is 0. The predicted molar refractivity (Wildman–Crippen MR) is 348 cm³/mol. The molecule has 80 heavy (non-hydrogen) atoms. The molecule has 0 rings (SSSR count). The predicted octanol–water partition coefficient (Wildman–Crippen LogP) is 22.5. The van der Waals surface area contributed by atoms with E-state index in [1.165, 1.54) is 57.8 Å². The number of esters is 3. The molecule has 0 aliphatic rings. The number of unbranched alkanes of at least 4 members (excludes halogenated alkanes) is 20. The first-order valence-electron chi connectivity index (χ1n) is 32.5. The van der Waals surface area contributed by atoms with E-state index in [0.717, 1.165) is 173 Å². The second-order valence-electron chi connectivity index (χ2n) is 20.9. The number of allylic oxidation sites excluding steroid dienone is 26. The zero-order chi connectivity index (χ0) is 57.8. The number of rotatable bonds is 57. The first-order chi connectivity index (χ1) is 39.5. The van der Waals surface area contributed by atoms with Crippen LogP contribution in [0.4, 0.5) is 0 Å². The molecule has 0 bridgehead atoms. The maximum Gasteiger partial charge on any atom is 0.306 e. The molecule has 6 nitrogen and oxygen atoms in total. The van der Waals surface area contributed by atoms with Crippen LogP contribution in [0.3, 0.4) is 0 Å². The molecule has 0 saturated carbocycles. The van der Waals surface area contributed by atoms with E-state index in [1.807, 2.05) is 0 Å². The molecule has 0 spiro atoms. The fourth-order valence-electron chi connectivity index (χ4n) is 8.44. The molecule has 0 aliphatic carbocycles.